The lowest BCUT2D eigenvalue weighted by molar-refractivity contribution is -0.385. The minimum Gasteiger partial charge on any atom is -0.432 e. The van der Waals surface area contributed by atoms with E-state index in [1.165, 1.54) is 18.3 Å². The van der Waals surface area contributed by atoms with Gasteiger partial charge in [0.15, 0.2) is 0 Å². The van der Waals surface area contributed by atoms with Gasteiger partial charge >= 0.3 is 5.69 Å². The Hall–Kier alpha value is -1.56. The fourth-order valence-electron chi connectivity index (χ4n) is 1.28. The Morgan fingerprint density at radius 3 is 2.42 bits per heavy atom. The second-order valence-corrected chi connectivity index (χ2v) is 4.66. The van der Waals surface area contributed by atoms with Crippen molar-refractivity contribution < 1.29 is 9.66 Å². The van der Waals surface area contributed by atoms with Crippen LogP contribution in [0.1, 0.15) is 0 Å². The highest BCUT2D eigenvalue weighted by molar-refractivity contribution is 6.42. The van der Waals surface area contributed by atoms with Crippen LogP contribution in [0.15, 0.2) is 30.5 Å². The third kappa shape index (κ3) is 3.26. The number of benzene rings is 1. The Morgan fingerprint density at radius 2 is 1.84 bits per heavy atom. The van der Waals surface area contributed by atoms with E-state index >= 15 is 0 Å². The molecule has 0 aliphatic carbocycles. The zero-order valence-corrected chi connectivity index (χ0v) is 11.4. The van der Waals surface area contributed by atoms with Crippen molar-refractivity contribution in [3.8, 4) is 11.6 Å². The zero-order valence-electron chi connectivity index (χ0n) is 9.14. The molecule has 0 aliphatic rings. The summed E-state index contributed by atoms with van der Waals surface area (Å²) < 4.78 is 5.31. The van der Waals surface area contributed by atoms with Crippen LogP contribution in [0.25, 0.3) is 0 Å². The average molecular weight is 320 g/mol. The Balaban J connectivity index is 2.41. The molecular formula is C11H5Cl3N2O3. The summed E-state index contributed by atoms with van der Waals surface area (Å²) in [6.07, 6.45) is 1.36. The summed E-state index contributed by atoms with van der Waals surface area (Å²) >= 11 is 17.2. The molecule has 0 fully saturated rings. The topological polar surface area (TPSA) is 65.3 Å². The highest BCUT2D eigenvalue weighted by Gasteiger charge is 2.19. The highest BCUT2D eigenvalue weighted by atomic mass is 35.5. The first-order valence-electron chi connectivity index (χ1n) is 4.90. The molecular weight excluding hydrogens is 314 g/mol. The van der Waals surface area contributed by atoms with Crippen molar-refractivity contribution in [3.63, 3.8) is 0 Å². The monoisotopic (exact) mass is 318 g/mol. The van der Waals surface area contributed by atoms with Crippen LogP contribution in [-0.4, -0.2) is 9.91 Å². The molecule has 0 unspecified atom stereocenters. The predicted molar refractivity (Wildman–Crippen MR) is 72.4 cm³/mol. The number of rotatable bonds is 3. The molecule has 1 heterocycles. The largest absolute Gasteiger partial charge is 0.432 e. The van der Waals surface area contributed by atoms with Crippen molar-refractivity contribution in [3.05, 3.63) is 55.6 Å². The van der Waals surface area contributed by atoms with Gasteiger partial charge in [0.25, 0.3) is 0 Å². The van der Waals surface area contributed by atoms with E-state index in [4.69, 9.17) is 39.5 Å². The second-order valence-electron chi connectivity index (χ2n) is 3.41. The fourth-order valence-corrected chi connectivity index (χ4v) is 1.70. The molecule has 19 heavy (non-hydrogen) atoms. The standard InChI is InChI=1S/C11H5Cl3N2O3/c12-6-1-2-11(15-5-6)19-10-4-8(14)7(13)3-9(10)16(17)18/h1-5H. The number of halogens is 3. The van der Waals surface area contributed by atoms with Gasteiger partial charge in [-0.2, -0.15) is 0 Å². The van der Waals surface area contributed by atoms with Crippen LogP contribution in [0.2, 0.25) is 15.1 Å². The average Bonchev–Trinajstić information content (AvgIpc) is 2.36. The van der Waals surface area contributed by atoms with E-state index in [9.17, 15) is 10.1 Å². The smallest absolute Gasteiger partial charge is 0.313 e. The summed E-state index contributed by atoms with van der Waals surface area (Å²) in [6, 6.07) is 5.41. The Bertz CT molecular complexity index is 632. The molecule has 0 radical (unpaired) electrons. The van der Waals surface area contributed by atoms with Crippen LogP contribution in [-0.2, 0) is 0 Å². The minimum atomic E-state index is -0.618. The first-order chi connectivity index (χ1) is 8.97. The number of hydrogen-bond acceptors (Lipinski definition) is 4. The van der Waals surface area contributed by atoms with E-state index in [1.54, 1.807) is 6.07 Å². The Labute approximate surface area is 122 Å². The molecule has 0 N–H and O–H groups in total. The molecule has 0 saturated carbocycles. The van der Waals surface area contributed by atoms with Crippen LogP contribution >= 0.6 is 34.8 Å². The van der Waals surface area contributed by atoms with Crippen LogP contribution in [0.3, 0.4) is 0 Å². The maximum absolute atomic E-state index is 10.9. The summed E-state index contributed by atoms with van der Waals surface area (Å²) in [4.78, 5) is 14.2. The van der Waals surface area contributed by atoms with Crippen molar-refractivity contribution in [1.82, 2.24) is 4.98 Å². The third-order valence-corrected chi connectivity index (χ3v) is 3.06. The number of nitro benzene ring substituents is 1. The van der Waals surface area contributed by atoms with Crippen LogP contribution in [0.5, 0.6) is 11.6 Å². The zero-order chi connectivity index (χ0) is 14.0. The number of nitro groups is 1. The molecule has 0 saturated heterocycles. The van der Waals surface area contributed by atoms with Gasteiger partial charge in [0, 0.05) is 24.4 Å². The van der Waals surface area contributed by atoms with E-state index in [0.717, 1.165) is 6.07 Å². The molecule has 0 spiro atoms. The number of aromatic nitrogens is 1. The Kier molecular flexibility index (Phi) is 4.09. The first kappa shape index (κ1) is 13.9. The summed E-state index contributed by atoms with van der Waals surface area (Å²) in [5.74, 6) is 0.111. The summed E-state index contributed by atoms with van der Waals surface area (Å²) in [5, 5.41) is 11.6. The van der Waals surface area contributed by atoms with Gasteiger partial charge in [-0.3, -0.25) is 10.1 Å². The van der Waals surface area contributed by atoms with Crippen molar-refractivity contribution in [2.75, 3.05) is 0 Å². The predicted octanol–water partition coefficient (Wildman–Crippen LogP) is 4.74. The molecule has 0 amide bonds. The van der Waals surface area contributed by atoms with E-state index in [-0.39, 0.29) is 27.4 Å². The number of nitrogens with zero attached hydrogens (tertiary/aromatic N) is 2. The van der Waals surface area contributed by atoms with Gasteiger partial charge in [-0.25, -0.2) is 4.98 Å². The van der Waals surface area contributed by atoms with Gasteiger partial charge in [-0.15, -0.1) is 0 Å². The molecule has 8 heteroatoms. The maximum Gasteiger partial charge on any atom is 0.313 e. The van der Waals surface area contributed by atoms with Crippen molar-refractivity contribution in [1.29, 1.82) is 0 Å². The van der Waals surface area contributed by atoms with Crippen LogP contribution in [0, 0.1) is 10.1 Å². The van der Waals surface area contributed by atoms with Gasteiger partial charge in [-0.05, 0) is 6.07 Å². The second kappa shape index (κ2) is 5.61. The van der Waals surface area contributed by atoms with Gasteiger partial charge in [-0.1, -0.05) is 34.8 Å². The van der Waals surface area contributed by atoms with Gasteiger partial charge in [0.05, 0.1) is 20.0 Å². The van der Waals surface area contributed by atoms with Crippen molar-refractivity contribution >= 4 is 40.5 Å². The molecule has 0 bridgehead atoms. The maximum atomic E-state index is 10.9. The normalized spacial score (nSPS) is 10.3. The first-order valence-corrected chi connectivity index (χ1v) is 6.03. The summed E-state index contributed by atoms with van der Waals surface area (Å²) in [7, 11) is 0. The molecule has 5 nitrogen and oxygen atoms in total. The van der Waals surface area contributed by atoms with E-state index in [0.29, 0.717) is 5.02 Å². The summed E-state index contributed by atoms with van der Waals surface area (Å²) in [5.41, 5.74) is -0.300. The molecule has 2 rings (SSSR count). The fraction of sp³-hybridized carbons (Fsp3) is 0. The van der Waals surface area contributed by atoms with Gasteiger partial charge in [0.2, 0.25) is 11.6 Å². The molecule has 1 aromatic carbocycles. The van der Waals surface area contributed by atoms with Crippen LogP contribution < -0.4 is 4.74 Å². The minimum absolute atomic E-state index is 0.0470. The lowest BCUT2D eigenvalue weighted by atomic mass is 10.3. The molecule has 1 aromatic heterocycles. The number of hydrogen-bond donors (Lipinski definition) is 0. The van der Waals surface area contributed by atoms with E-state index < -0.39 is 4.92 Å². The number of pyridine rings is 1. The van der Waals surface area contributed by atoms with Gasteiger partial charge in [0.1, 0.15) is 0 Å². The van der Waals surface area contributed by atoms with Crippen LogP contribution in [0.4, 0.5) is 5.69 Å². The SMILES string of the molecule is O=[N+]([O-])c1cc(Cl)c(Cl)cc1Oc1ccc(Cl)cn1. The molecule has 2 aromatic rings. The highest BCUT2D eigenvalue weighted by Crippen LogP contribution is 2.37. The molecule has 98 valence electrons. The Morgan fingerprint density at radius 1 is 1.16 bits per heavy atom. The molecule has 0 aliphatic heterocycles. The number of ether oxygens (including phenoxy) is 1. The lowest BCUT2D eigenvalue weighted by Gasteiger charge is -2.06. The third-order valence-electron chi connectivity index (χ3n) is 2.11. The van der Waals surface area contributed by atoms with Gasteiger partial charge < -0.3 is 4.74 Å². The molecule has 0 atom stereocenters. The van der Waals surface area contributed by atoms with E-state index in [2.05, 4.69) is 4.98 Å². The van der Waals surface area contributed by atoms with Crippen molar-refractivity contribution in [2.45, 2.75) is 0 Å². The lowest BCUT2D eigenvalue weighted by Crippen LogP contribution is -1.95. The quantitative estimate of drug-likeness (QED) is 0.605. The van der Waals surface area contributed by atoms with Crippen molar-refractivity contribution in [2.24, 2.45) is 0 Å². The summed E-state index contributed by atoms with van der Waals surface area (Å²) in [6.45, 7) is 0. The van der Waals surface area contributed by atoms with E-state index in [1.807, 2.05) is 0 Å².